The van der Waals surface area contributed by atoms with Crippen molar-refractivity contribution in [1.29, 1.82) is 0 Å². The minimum atomic E-state index is -1.13. The molecule has 1 N–H and O–H groups in total. The second-order valence-corrected chi connectivity index (χ2v) is 12.5. The Morgan fingerprint density at radius 1 is 1.23 bits per heavy atom. The predicted molar refractivity (Wildman–Crippen MR) is 125 cm³/mol. The van der Waals surface area contributed by atoms with Gasteiger partial charge in [-0.2, -0.15) is 0 Å². The second-order valence-electron chi connectivity index (χ2n) is 10.0. The summed E-state index contributed by atoms with van der Waals surface area (Å²) in [6.07, 6.45) is 7.54. The number of nitrogens with one attached hydrogen (secondary N) is 1. The van der Waals surface area contributed by atoms with Gasteiger partial charge >= 0.3 is 0 Å². The predicted octanol–water partition coefficient (Wildman–Crippen LogP) is 5.75. The standard InChI is InChI=1S/C24H38ClNO3S/c1-18(17-29-22-8-5-6-15-28-22)16-21(26-30(27)23(2,3)4)24(13-7-14-24)19-9-11-20(25)12-10-19/h9-12,18,21-22,26H,5-8,13-17H2,1-4H3. The highest BCUT2D eigenvalue weighted by Gasteiger charge is 2.47. The minimum absolute atomic E-state index is 0.00109. The van der Waals surface area contributed by atoms with Crippen molar-refractivity contribution in [3.63, 3.8) is 0 Å². The quantitative estimate of drug-likeness (QED) is 0.515. The fourth-order valence-electron chi connectivity index (χ4n) is 4.45. The first kappa shape index (κ1) is 24.2. The van der Waals surface area contributed by atoms with Crippen molar-refractivity contribution in [2.75, 3.05) is 13.2 Å². The molecule has 4 unspecified atom stereocenters. The van der Waals surface area contributed by atoms with E-state index in [9.17, 15) is 4.21 Å². The van der Waals surface area contributed by atoms with E-state index in [0.29, 0.717) is 12.5 Å². The largest absolute Gasteiger partial charge is 0.353 e. The third-order valence-corrected chi connectivity index (χ3v) is 8.34. The maximum Gasteiger partial charge on any atom is 0.157 e. The normalized spacial score (nSPS) is 24.6. The SMILES string of the molecule is CC(COC1CCCCO1)CC(NS(=O)C(C)(C)C)C1(c2ccc(Cl)cc2)CCC1. The molecule has 30 heavy (non-hydrogen) atoms. The number of hydrogen-bond acceptors (Lipinski definition) is 3. The second kappa shape index (κ2) is 10.4. The summed E-state index contributed by atoms with van der Waals surface area (Å²) < 4.78 is 28.1. The molecule has 1 aromatic carbocycles. The molecule has 6 heteroatoms. The zero-order chi connectivity index (χ0) is 21.8. The Hall–Kier alpha value is -0.460. The summed E-state index contributed by atoms with van der Waals surface area (Å²) in [6, 6.07) is 8.36. The molecule has 4 nitrogen and oxygen atoms in total. The lowest BCUT2D eigenvalue weighted by molar-refractivity contribution is -0.168. The van der Waals surface area contributed by atoms with Gasteiger partial charge in [0.1, 0.15) is 0 Å². The van der Waals surface area contributed by atoms with Crippen LogP contribution in [0.25, 0.3) is 0 Å². The van der Waals surface area contributed by atoms with Crippen molar-refractivity contribution in [2.24, 2.45) is 5.92 Å². The van der Waals surface area contributed by atoms with Gasteiger partial charge in [-0.05, 0) is 82.9 Å². The summed E-state index contributed by atoms with van der Waals surface area (Å²) in [4.78, 5) is 0. The van der Waals surface area contributed by atoms with E-state index < -0.39 is 11.0 Å². The Morgan fingerprint density at radius 3 is 2.47 bits per heavy atom. The molecule has 2 fully saturated rings. The molecule has 2 aliphatic rings. The van der Waals surface area contributed by atoms with Crippen LogP contribution < -0.4 is 4.72 Å². The van der Waals surface area contributed by atoms with Gasteiger partial charge in [-0.15, -0.1) is 0 Å². The minimum Gasteiger partial charge on any atom is -0.353 e. The van der Waals surface area contributed by atoms with Gasteiger partial charge in [0.15, 0.2) is 6.29 Å². The van der Waals surface area contributed by atoms with Gasteiger partial charge in [0.05, 0.1) is 22.3 Å². The summed E-state index contributed by atoms with van der Waals surface area (Å²) >= 11 is 6.15. The fourth-order valence-corrected chi connectivity index (χ4v) is 5.51. The Labute approximate surface area is 190 Å². The van der Waals surface area contributed by atoms with Gasteiger partial charge in [-0.1, -0.05) is 37.1 Å². The number of hydrogen-bond donors (Lipinski definition) is 1. The molecule has 3 rings (SSSR count). The molecular formula is C24H38ClNO3S. The first-order valence-corrected chi connectivity index (χ1v) is 12.9. The Kier molecular flexibility index (Phi) is 8.42. The molecule has 0 spiro atoms. The zero-order valence-corrected chi connectivity index (χ0v) is 20.5. The Bertz CT molecular complexity index is 693. The first-order valence-electron chi connectivity index (χ1n) is 11.4. The van der Waals surface area contributed by atoms with E-state index in [2.05, 4.69) is 23.8 Å². The summed E-state index contributed by atoms with van der Waals surface area (Å²) in [5.74, 6) is 0.342. The van der Waals surface area contributed by atoms with Gasteiger partial charge < -0.3 is 9.47 Å². The summed E-state index contributed by atoms with van der Waals surface area (Å²) in [6.45, 7) is 9.77. The molecule has 1 saturated heterocycles. The summed E-state index contributed by atoms with van der Waals surface area (Å²) in [7, 11) is -1.13. The molecule has 1 heterocycles. The van der Waals surface area contributed by atoms with Crippen LogP contribution in [-0.4, -0.2) is 34.5 Å². The molecule has 1 saturated carbocycles. The van der Waals surface area contributed by atoms with Crippen molar-refractivity contribution < 1.29 is 13.7 Å². The van der Waals surface area contributed by atoms with Crippen LogP contribution in [0, 0.1) is 5.92 Å². The number of halogens is 1. The molecule has 1 aliphatic carbocycles. The van der Waals surface area contributed by atoms with Gasteiger partial charge in [-0.3, -0.25) is 0 Å². The summed E-state index contributed by atoms with van der Waals surface area (Å²) in [5.41, 5.74) is 1.30. The smallest absolute Gasteiger partial charge is 0.157 e. The molecular weight excluding hydrogens is 418 g/mol. The highest BCUT2D eigenvalue weighted by Crippen LogP contribution is 2.48. The van der Waals surface area contributed by atoms with Crippen molar-refractivity contribution in [3.05, 3.63) is 34.9 Å². The molecule has 4 atom stereocenters. The van der Waals surface area contributed by atoms with Crippen molar-refractivity contribution in [3.8, 4) is 0 Å². The van der Waals surface area contributed by atoms with Gasteiger partial charge in [0.25, 0.3) is 0 Å². The molecule has 0 amide bonds. The number of rotatable bonds is 9. The van der Waals surface area contributed by atoms with Crippen LogP contribution in [-0.2, 0) is 25.9 Å². The highest BCUT2D eigenvalue weighted by atomic mass is 35.5. The van der Waals surface area contributed by atoms with Crippen LogP contribution >= 0.6 is 11.6 Å². The van der Waals surface area contributed by atoms with E-state index in [0.717, 1.165) is 43.7 Å². The van der Waals surface area contributed by atoms with E-state index in [1.54, 1.807) is 0 Å². The topological polar surface area (TPSA) is 47.6 Å². The molecule has 170 valence electrons. The number of ether oxygens (including phenoxy) is 2. The fraction of sp³-hybridized carbons (Fsp3) is 0.750. The lowest BCUT2D eigenvalue weighted by Crippen LogP contribution is -2.55. The lowest BCUT2D eigenvalue weighted by atomic mass is 9.59. The van der Waals surface area contributed by atoms with E-state index in [4.69, 9.17) is 21.1 Å². The van der Waals surface area contributed by atoms with Crippen LogP contribution in [0.5, 0.6) is 0 Å². The third-order valence-electron chi connectivity index (χ3n) is 6.48. The molecule has 0 aromatic heterocycles. The lowest BCUT2D eigenvalue weighted by Gasteiger charge is -2.49. The molecule has 1 aliphatic heterocycles. The van der Waals surface area contributed by atoms with Gasteiger partial charge in [0.2, 0.25) is 0 Å². The Balaban J connectivity index is 1.73. The highest BCUT2D eigenvalue weighted by molar-refractivity contribution is 7.84. The molecule has 0 bridgehead atoms. The van der Waals surface area contributed by atoms with Gasteiger partial charge in [-0.25, -0.2) is 8.93 Å². The van der Waals surface area contributed by atoms with Crippen molar-refractivity contribution in [2.45, 2.75) is 95.1 Å². The van der Waals surface area contributed by atoms with Crippen LogP contribution in [0.4, 0.5) is 0 Å². The van der Waals surface area contributed by atoms with Crippen LogP contribution in [0.3, 0.4) is 0 Å². The zero-order valence-electron chi connectivity index (χ0n) is 18.9. The monoisotopic (exact) mass is 455 g/mol. The van der Waals surface area contributed by atoms with Crippen LogP contribution in [0.15, 0.2) is 24.3 Å². The van der Waals surface area contributed by atoms with E-state index in [1.807, 2.05) is 32.9 Å². The Morgan fingerprint density at radius 2 is 1.93 bits per heavy atom. The third kappa shape index (κ3) is 6.07. The summed E-state index contributed by atoms with van der Waals surface area (Å²) in [5, 5.41) is 0.755. The number of benzene rings is 1. The van der Waals surface area contributed by atoms with E-state index in [1.165, 1.54) is 18.4 Å². The molecule has 0 radical (unpaired) electrons. The maximum atomic E-state index is 13.1. The van der Waals surface area contributed by atoms with Gasteiger partial charge in [0, 0.05) is 23.1 Å². The molecule has 1 aromatic rings. The average Bonchev–Trinajstić information content (AvgIpc) is 2.67. The van der Waals surface area contributed by atoms with Crippen molar-refractivity contribution >= 4 is 22.6 Å². The van der Waals surface area contributed by atoms with Crippen molar-refractivity contribution in [1.82, 2.24) is 4.72 Å². The van der Waals surface area contributed by atoms with Crippen LogP contribution in [0.1, 0.15) is 78.2 Å². The van der Waals surface area contributed by atoms with Crippen LogP contribution in [0.2, 0.25) is 5.02 Å². The first-order chi connectivity index (χ1) is 14.2. The maximum absolute atomic E-state index is 13.1. The van der Waals surface area contributed by atoms with E-state index in [-0.39, 0.29) is 22.5 Å². The average molecular weight is 456 g/mol. The van der Waals surface area contributed by atoms with E-state index >= 15 is 0 Å².